The number of benzene rings is 1. The fourth-order valence-corrected chi connectivity index (χ4v) is 3.35. The highest BCUT2D eigenvalue weighted by molar-refractivity contribution is 6.01. The second-order valence-corrected chi connectivity index (χ2v) is 5.93. The van der Waals surface area contributed by atoms with Crippen LogP contribution in [-0.2, 0) is 0 Å². The molecule has 2 aliphatic rings. The number of hydrogen-bond acceptors (Lipinski definition) is 3. The van der Waals surface area contributed by atoms with Gasteiger partial charge in [-0.25, -0.2) is 0 Å². The summed E-state index contributed by atoms with van der Waals surface area (Å²) in [6.07, 6.45) is 5.74. The van der Waals surface area contributed by atoms with Crippen molar-refractivity contribution in [2.75, 3.05) is 37.6 Å². The predicted molar refractivity (Wildman–Crippen MR) is 82.5 cm³/mol. The molecule has 2 aliphatic heterocycles. The molecule has 3 nitrogen and oxygen atoms in total. The van der Waals surface area contributed by atoms with Gasteiger partial charge in [0.05, 0.1) is 0 Å². The minimum atomic E-state index is 0.307. The molecule has 1 fully saturated rings. The summed E-state index contributed by atoms with van der Waals surface area (Å²) >= 11 is 0. The van der Waals surface area contributed by atoms with Gasteiger partial charge in [-0.3, -0.25) is 4.79 Å². The van der Waals surface area contributed by atoms with E-state index in [0.717, 1.165) is 37.3 Å². The number of ketones is 1. The molecule has 0 aromatic heterocycles. The molecular weight excluding hydrogens is 248 g/mol. The zero-order chi connectivity index (χ0) is 13.8. The summed E-state index contributed by atoms with van der Waals surface area (Å²) < 4.78 is 0. The molecule has 0 atom stereocenters. The van der Waals surface area contributed by atoms with E-state index >= 15 is 0 Å². The molecule has 3 rings (SSSR count). The van der Waals surface area contributed by atoms with Crippen molar-refractivity contribution in [1.29, 1.82) is 0 Å². The van der Waals surface area contributed by atoms with Gasteiger partial charge < -0.3 is 9.80 Å². The summed E-state index contributed by atoms with van der Waals surface area (Å²) in [5.41, 5.74) is 2.07. The number of carbonyl (C=O) groups excluding carboxylic acids is 1. The maximum absolute atomic E-state index is 12.1. The van der Waals surface area contributed by atoms with Crippen LogP contribution < -0.4 is 4.90 Å². The van der Waals surface area contributed by atoms with Crippen molar-refractivity contribution in [3.63, 3.8) is 0 Å². The van der Waals surface area contributed by atoms with Crippen molar-refractivity contribution in [2.24, 2.45) is 0 Å². The fourth-order valence-electron chi connectivity index (χ4n) is 3.35. The second-order valence-electron chi connectivity index (χ2n) is 5.93. The van der Waals surface area contributed by atoms with E-state index in [1.165, 1.54) is 32.4 Å². The number of hydrogen-bond donors (Lipinski definition) is 0. The molecule has 0 bridgehead atoms. The SMILES string of the molecule is O=C1CCCN(CCN2CCCCC2)c2ccccc21. The van der Waals surface area contributed by atoms with Gasteiger partial charge in [0.1, 0.15) is 0 Å². The lowest BCUT2D eigenvalue weighted by Crippen LogP contribution is -2.38. The van der Waals surface area contributed by atoms with Gasteiger partial charge in [-0.15, -0.1) is 0 Å². The summed E-state index contributed by atoms with van der Waals surface area (Å²) in [5, 5.41) is 0. The highest BCUT2D eigenvalue weighted by atomic mass is 16.1. The molecule has 2 heterocycles. The predicted octanol–water partition coefficient (Wildman–Crippen LogP) is 2.96. The van der Waals surface area contributed by atoms with Crippen LogP contribution in [0.15, 0.2) is 24.3 Å². The lowest BCUT2D eigenvalue weighted by atomic mass is 10.1. The van der Waals surface area contributed by atoms with Crippen LogP contribution in [0.1, 0.15) is 42.5 Å². The lowest BCUT2D eigenvalue weighted by Gasteiger charge is -2.31. The van der Waals surface area contributed by atoms with Crippen molar-refractivity contribution in [3.8, 4) is 0 Å². The maximum atomic E-state index is 12.1. The molecule has 1 aromatic carbocycles. The molecule has 0 radical (unpaired) electrons. The molecule has 0 N–H and O–H groups in total. The smallest absolute Gasteiger partial charge is 0.165 e. The fraction of sp³-hybridized carbons (Fsp3) is 0.588. The van der Waals surface area contributed by atoms with E-state index in [2.05, 4.69) is 15.9 Å². The van der Waals surface area contributed by atoms with Crippen LogP contribution in [0.4, 0.5) is 5.69 Å². The average molecular weight is 272 g/mol. The molecule has 3 heteroatoms. The Morgan fingerprint density at radius 2 is 1.70 bits per heavy atom. The Kier molecular flexibility index (Phi) is 4.36. The number of carbonyl (C=O) groups is 1. The second kappa shape index (κ2) is 6.40. The van der Waals surface area contributed by atoms with Crippen molar-refractivity contribution in [2.45, 2.75) is 32.1 Å². The topological polar surface area (TPSA) is 23.6 Å². The van der Waals surface area contributed by atoms with Gasteiger partial charge in [0.2, 0.25) is 0 Å². The van der Waals surface area contributed by atoms with Crippen LogP contribution in [0.25, 0.3) is 0 Å². The van der Waals surface area contributed by atoms with Crippen molar-refractivity contribution in [1.82, 2.24) is 4.90 Å². The standard InChI is InChI=1S/C17H24N2O/c20-17-9-6-12-19(16-8-3-2-7-15(16)17)14-13-18-10-4-1-5-11-18/h2-3,7-8H,1,4-6,9-14H2. The highest BCUT2D eigenvalue weighted by Crippen LogP contribution is 2.26. The highest BCUT2D eigenvalue weighted by Gasteiger charge is 2.20. The van der Waals surface area contributed by atoms with Gasteiger partial charge >= 0.3 is 0 Å². The monoisotopic (exact) mass is 272 g/mol. The molecule has 0 aliphatic carbocycles. The van der Waals surface area contributed by atoms with Crippen LogP contribution in [0, 0.1) is 0 Å². The van der Waals surface area contributed by atoms with E-state index in [1.54, 1.807) is 0 Å². The Balaban J connectivity index is 1.69. The molecule has 0 saturated carbocycles. The number of Topliss-reactive ketones (excluding diaryl/α,β-unsaturated/α-hetero) is 1. The van der Waals surface area contributed by atoms with E-state index in [4.69, 9.17) is 0 Å². The van der Waals surface area contributed by atoms with Crippen molar-refractivity contribution >= 4 is 11.5 Å². The average Bonchev–Trinajstić information content (AvgIpc) is 2.66. The third-order valence-corrected chi connectivity index (χ3v) is 4.51. The normalized spacial score (nSPS) is 20.6. The van der Waals surface area contributed by atoms with E-state index in [1.807, 2.05) is 18.2 Å². The first-order valence-corrected chi connectivity index (χ1v) is 7.94. The molecule has 0 amide bonds. The Bertz CT molecular complexity index is 466. The Hall–Kier alpha value is -1.35. The quantitative estimate of drug-likeness (QED) is 0.845. The molecule has 1 aromatic rings. The van der Waals surface area contributed by atoms with Crippen LogP contribution in [-0.4, -0.2) is 43.4 Å². The molecule has 108 valence electrons. The van der Waals surface area contributed by atoms with Gasteiger partial charge in [0, 0.05) is 37.3 Å². The third-order valence-electron chi connectivity index (χ3n) is 4.51. The first-order chi connectivity index (χ1) is 9.84. The largest absolute Gasteiger partial charge is 0.370 e. The van der Waals surface area contributed by atoms with E-state index < -0.39 is 0 Å². The van der Waals surface area contributed by atoms with Crippen molar-refractivity contribution in [3.05, 3.63) is 29.8 Å². The van der Waals surface area contributed by atoms with E-state index in [-0.39, 0.29) is 0 Å². The number of piperidine rings is 1. The number of nitrogens with zero attached hydrogens (tertiary/aromatic N) is 2. The Morgan fingerprint density at radius 1 is 0.900 bits per heavy atom. The third kappa shape index (κ3) is 3.04. The molecular formula is C17H24N2O. The van der Waals surface area contributed by atoms with Crippen LogP contribution in [0.3, 0.4) is 0 Å². The number of likely N-dealkylation sites (tertiary alicyclic amines) is 1. The van der Waals surface area contributed by atoms with Gasteiger partial charge in [-0.1, -0.05) is 18.6 Å². The zero-order valence-electron chi connectivity index (χ0n) is 12.2. The number of fused-ring (bicyclic) bond motifs is 1. The summed E-state index contributed by atoms with van der Waals surface area (Å²) in [7, 11) is 0. The first-order valence-electron chi connectivity index (χ1n) is 7.94. The van der Waals surface area contributed by atoms with Crippen molar-refractivity contribution < 1.29 is 4.79 Å². The first kappa shape index (κ1) is 13.6. The van der Waals surface area contributed by atoms with Crippen LogP contribution >= 0.6 is 0 Å². The number of para-hydroxylation sites is 1. The lowest BCUT2D eigenvalue weighted by molar-refractivity contribution is 0.0984. The van der Waals surface area contributed by atoms with E-state index in [0.29, 0.717) is 12.2 Å². The molecule has 0 unspecified atom stereocenters. The molecule has 1 saturated heterocycles. The summed E-state index contributed by atoms with van der Waals surface area (Å²) in [5.74, 6) is 0.307. The van der Waals surface area contributed by atoms with Gasteiger partial charge in [-0.05, 0) is 44.5 Å². The van der Waals surface area contributed by atoms with Gasteiger partial charge in [0.25, 0.3) is 0 Å². The minimum Gasteiger partial charge on any atom is -0.370 e. The Morgan fingerprint density at radius 3 is 2.55 bits per heavy atom. The zero-order valence-corrected chi connectivity index (χ0v) is 12.2. The number of rotatable bonds is 3. The molecule has 20 heavy (non-hydrogen) atoms. The summed E-state index contributed by atoms with van der Waals surface area (Å²) in [6.45, 7) is 5.67. The van der Waals surface area contributed by atoms with E-state index in [9.17, 15) is 4.79 Å². The summed E-state index contributed by atoms with van der Waals surface area (Å²) in [6, 6.07) is 8.11. The Labute approximate surface area is 121 Å². The number of anilines is 1. The minimum absolute atomic E-state index is 0.307. The van der Waals surface area contributed by atoms with Gasteiger partial charge in [0.15, 0.2) is 5.78 Å². The maximum Gasteiger partial charge on any atom is 0.165 e. The molecule has 0 spiro atoms. The van der Waals surface area contributed by atoms with Crippen LogP contribution in [0.2, 0.25) is 0 Å². The van der Waals surface area contributed by atoms with Gasteiger partial charge in [-0.2, -0.15) is 0 Å². The summed E-state index contributed by atoms with van der Waals surface area (Å²) in [4.78, 5) is 17.1. The van der Waals surface area contributed by atoms with Crippen LogP contribution in [0.5, 0.6) is 0 Å².